The van der Waals surface area contributed by atoms with Crippen LogP contribution in [0.25, 0.3) is 0 Å². The molecular formula is C13H21N3O3. The maximum atomic E-state index is 12.2. The zero-order valence-corrected chi connectivity index (χ0v) is 11.7. The minimum absolute atomic E-state index is 0.276. The van der Waals surface area contributed by atoms with Crippen LogP contribution in [0, 0.1) is 5.92 Å². The first-order valence-electron chi connectivity index (χ1n) is 6.47. The number of rotatable bonds is 7. The quantitative estimate of drug-likeness (QED) is 0.811. The van der Waals surface area contributed by atoms with E-state index in [1.165, 1.54) is 11.1 Å². The highest BCUT2D eigenvalue weighted by Gasteiger charge is 2.19. The van der Waals surface area contributed by atoms with Crippen LogP contribution in [0.2, 0.25) is 0 Å². The molecule has 1 aromatic heterocycles. The van der Waals surface area contributed by atoms with Crippen LogP contribution in [0.5, 0.6) is 0 Å². The molecule has 1 aromatic rings. The Labute approximate surface area is 113 Å². The molecule has 0 spiro atoms. The van der Waals surface area contributed by atoms with Crippen molar-refractivity contribution in [2.45, 2.75) is 33.7 Å². The molecule has 0 aliphatic heterocycles. The Bertz CT molecular complexity index is 440. The van der Waals surface area contributed by atoms with E-state index in [1.807, 2.05) is 6.92 Å². The molecule has 0 aliphatic carbocycles. The molecule has 19 heavy (non-hydrogen) atoms. The van der Waals surface area contributed by atoms with Crippen molar-refractivity contribution < 1.29 is 14.7 Å². The minimum atomic E-state index is -1.00. The molecular weight excluding hydrogens is 246 g/mol. The molecule has 1 amide bonds. The summed E-state index contributed by atoms with van der Waals surface area (Å²) in [7, 11) is 0. The number of carbonyl (C=O) groups is 2. The molecule has 1 heterocycles. The topological polar surface area (TPSA) is 75.4 Å². The highest BCUT2D eigenvalue weighted by Crippen LogP contribution is 2.07. The van der Waals surface area contributed by atoms with Crippen molar-refractivity contribution in [1.82, 2.24) is 14.7 Å². The van der Waals surface area contributed by atoms with Crippen molar-refractivity contribution in [1.29, 1.82) is 0 Å². The molecule has 0 unspecified atom stereocenters. The van der Waals surface area contributed by atoms with E-state index in [4.69, 9.17) is 5.11 Å². The molecule has 0 atom stereocenters. The van der Waals surface area contributed by atoms with Crippen LogP contribution in [-0.2, 0) is 11.3 Å². The fraction of sp³-hybridized carbons (Fsp3) is 0.615. The number of aromatic nitrogens is 2. The van der Waals surface area contributed by atoms with Crippen LogP contribution in [0.4, 0.5) is 0 Å². The minimum Gasteiger partial charge on any atom is -0.480 e. The lowest BCUT2D eigenvalue weighted by Crippen LogP contribution is -2.36. The third-order valence-corrected chi connectivity index (χ3v) is 2.54. The predicted molar refractivity (Wildman–Crippen MR) is 70.9 cm³/mol. The lowest BCUT2D eigenvalue weighted by Gasteiger charge is -2.18. The van der Waals surface area contributed by atoms with Crippen molar-refractivity contribution in [3.63, 3.8) is 0 Å². The van der Waals surface area contributed by atoms with Gasteiger partial charge in [0.25, 0.3) is 5.91 Å². The Hall–Kier alpha value is -1.85. The van der Waals surface area contributed by atoms with Gasteiger partial charge in [-0.1, -0.05) is 20.8 Å². The summed E-state index contributed by atoms with van der Waals surface area (Å²) < 4.78 is 1.71. The Kier molecular flexibility index (Phi) is 5.54. The summed E-state index contributed by atoms with van der Waals surface area (Å²) >= 11 is 0. The molecule has 6 heteroatoms. The van der Waals surface area contributed by atoms with Gasteiger partial charge in [0.1, 0.15) is 6.54 Å². The van der Waals surface area contributed by atoms with Gasteiger partial charge >= 0.3 is 5.97 Å². The summed E-state index contributed by atoms with van der Waals surface area (Å²) in [4.78, 5) is 24.3. The predicted octanol–water partition coefficient (Wildman–Crippen LogP) is 1.48. The molecule has 0 fully saturated rings. The van der Waals surface area contributed by atoms with E-state index in [9.17, 15) is 9.59 Å². The first-order chi connectivity index (χ1) is 8.93. The number of amides is 1. The number of hydrogen-bond acceptors (Lipinski definition) is 3. The molecule has 6 nitrogen and oxygen atoms in total. The molecule has 106 valence electrons. The second-order valence-electron chi connectivity index (χ2n) is 4.97. The van der Waals surface area contributed by atoms with E-state index >= 15 is 0 Å². The van der Waals surface area contributed by atoms with Gasteiger partial charge in [-0.25, -0.2) is 0 Å². The summed E-state index contributed by atoms with van der Waals surface area (Å²) in [6.45, 7) is 6.93. The van der Waals surface area contributed by atoms with Gasteiger partial charge in [-0.3, -0.25) is 14.3 Å². The molecule has 1 N–H and O–H groups in total. The van der Waals surface area contributed by atoms with Crippen molar-refractivity contribution >= 4 is 11.9 Å². The second kappa shape index (κ2) is 6.92. The van der Waals surface area contributed by atoms with Crippen molar-refractivity contribution in [3.05, 3.63) is 18.0 Å². The summed E-state index contributed by atoms with van der Waals surface area (Å²) in [5.41, 5.74) is 0.440. The number of carboxylic acid groups (broad SMARTS) is 1. The third kappa shape index (κ3) is 4.73. The van der Waals surface area contributed by atoms with E-state index in [2.05, 4.69) is 18.9 Å². The Balaban J connectivity index is 2.78. The van der Waals surface area contributed by atoms with Gasteiger partial charge < -0.3 is 10.0 Å². The first-order valence-corrected chi connectivity index (χ1v) is 6.47. The largest absolute Gasteiger partial charge is 0.480 e. The molecule has 0 aromatic carbocycles. The average molecular weight is 267 g/mol. The van der Waals surface area contributed by atoms with Crippen LogP contribution in [0.3, 0.4) is 0 Å². The fourth-order valence-electron chi connectivity index (χ4n) is 1.82. The van der Waals surface area contributed by atoms with E-state index in [-0.39, 0.29) is 12.5 Å². The molecule has 0 saturated carbocycles. The highest BCUT2D eigenvalue weighted by atomic mass is 16.4. The number of carbonyl (C=O) groups excluding carboxylic acids is 1. The Morgan fingerprint density at radius 1 is 1.47 bits per heavy atom. The summed E-state index contributed by atoms with van der Waals surface area (Å²) in [5.74, 6) is -0.843. The van der Waals surface area contributed by atoms with Crippen LogP contribution in [0.15, 0.2) is 12.4 Å². The van der Waals surface area contributed by atoms with Crippen LogP contribution in [0.1, 0.15) is 37.6 Å². The summed E-state index contributed by atoms with van der Waals surface area (Å²) in [5, 5.41) is 12.9. The number of nitrogens with zero attached hydrogens (tertiary/aromatic N) is 3. The smallest absolute Gasteiger partial charge is 0.323 e. The van der Waals surface area contributed by atoms with Gasteiger partial charge in [-0.05, 0) is 12.3 Å². The SMILES string of the molecule is CCCN(CC(=O)O)C(=O)c1cnn(CC(C)C)c1. The van der Waals surface area contributed by atoms with Crippen LogP contribution >= 0.6 is 0 Å². The van der Waals surface area contributed by atoms with Gasteiger partial charge in [-0.15, -0.1) is 0 Å². The van der Waals surface area contributed by atoms with E-state index in [0.29, 0.717) is 18.0 Å². The normalized spacial score (nSPS) is 10.7. The first kappa shape index (κ1) is 15.2. The van der Waals surface area contributed by atoms with Crippen molar-refractivity contribution in [3.8, 4) is 0 Å². The van der Waals surface area contributed by atoms with Gasteiger partial charge in [-0.2, -0.15) is 5.10 Å². The zero-order chi connectivity index (χ0) is 14.4. The van der Waals surface area contributed by atoms with Crippen molar-refractivity contribution in [2.75, 3.05) is 13.1 Å². The second-order valence-corrected chi connectivity index (χ2v) is 4.97. The van der Waals surface area contributed by atoms with Gasteiger partial charge in [0.05, 0.1) is 11.8 Å². The monoisotopic (exact) mass is 267 g/mol. The standard InChI is InChI=1S/C13H21N3O3/c1-4-5-15(9-12(17)18)13(19)11-6-14-16(8-11)7-10(2)3/h6,8,10H,4-5,7,9H2,1-3H3,(H,17,18). The van der Waals surface area contributed by atoms with Gasteiger partial charge in [0.15, 0.2) is 0 Å². The summed E-state index contributed by atoms with van der Waals surface area (Å²) in [6, 6.07) is 0. The zero-order valence-electron chi connectivity index (χ0n) is 11.7. The Morgan fingerprint density at radius 3 is 2.68 bits per heavy atom. The average Bonchev–Trinajstić information content (AvgIpc) is 2.74. The molecule has 1 rings (SSSR count). The molecule has 0 aliphatic rings. The Morgan fingerprint density at radius 2 is 2.16 bits per heavy atom. The number of aliphatic carboxylic acids is 1. The number of carboxylic acids is 1. The van der Waals surface area contributed by atoms with E-state index < -0.39 is 5.97 Å². The van der Waals surface area contributed by atoms with Gasteiger partial charge in [0, 0.05) is 19.3 Å². The molecule has 0 bridgehead atoms. The van der Waals surface area contributed by atoms with Gasteiger partial charge in [0.2, 0.25) is 0 Å². The van der Waals surface area contributed by atoms with Crippen LogP contribution in [-0.4, -0.2) is 44.8 Å². The molecule has 0 radical (unpaired) electrons. The fourth-order valence-corrected chi connectivity index (χ4v) is 1.82. The lowest BCUT2D eigenvalue weighted by molar-refractivity contribution is -0.137. The number of hydrogen-bond donors (Lipinski definition) is 1. The van der Waals surface area contributed by atoms with Crippen LogP contribution < -0.4 is 0 Å². The highest BCUT2D eigenvalue weighted by molar-refractivity contribution is 5.95. The third-order valence-electron chi connectivity index (χ3n) is 2.54. The maximum Gasteiger partial charge on any atom is 0.323 e. The summed E-state index contributed by atoms with van der Waals surface area (Å²) in [6.07, 6.45) is 3.89. The van der Waals surface area contributed by atoms with E-state index in [0.717, 1.165) is 13.0 Å². The van der Waals surface area contributed by atoms with Crippen molar-refractivity contribution in [2.24, 2.45) is 5.92 Å². The van der Waals surface area contributed by atoms with E-state index in [1.54, 1.807) is 10.9 Å². The lowest BCUT2D eigenvalue weighted by atomic mass is 10.2. The molecule has 0 saturated heterocycles. The maximum absolute atomic E-state index is 12.2.